The average molecular weight is 346 g/mol. The zero-order valence-corrected chi connectivity index (χ0v) is 15.2. The van der Waals surface area contributed by atoms with Crippen molar-refractivity contribution < 1.29 is 9.21 Å². The van der Waals surface area contributed by atoms with Crippen molar-refractivity contribution in [3.8, 4) is 22.6 Å². The maximum absolute atomic E-state index is 12.1. The first kappa shape index (κ1) is 16.6. The minimum atomic E-state index is -0.0627. The van der Waals surface area contributed by atoms with Gasteiger partial charge in [0.1, 0.15) is 11.5 Å². The molecule has 1 aliphatic heterocycles. The first-order valence-electron chi connectivity index (χ1n) is 9.01. The molecule has 0 saturated carbocycles. The fourth-order valence-corrected chi connectivity index (χ4v) is 3.33. The van der Waals surface area contributed by atoms with Crippen molar-refractivity contribution in [2.24, 2.45) is 0 Å². The molecule has 4 nitrogen and oxygen atoms in total. The second-order valence-corrected chi connectivity index (χ2v) is 7.23. The number of nitrogens with zero attached hydrogens (tertiary/aromatic N) is 1. The summed E-state index contributed by atoms with van der Waals surface area (Å²) < 4.78 is 5.99. The minimum absolute atomic E-state index is 0.0627. The van der Waals surface area contributed by atoms with Crippen LogP contribution < -0.4 is 5.32 Å². The normalized spacial score (nSPS) is 16.5. The highest BCUT2D eigenvalue weighted by molar-refractivity contribution is 5.97. The third-order valence-corrected chi connectivity index (χ3v) is 4.84. The Morgan fingerprint density at radius 2 is 1.88 bits per heavy atom. The van der Waals surface area contributed by atoms with E-state index in [0.29, 0.717) is 17.2 Å². The van der Waals surface area contributed by atoms with Crippen molar-refractivity contribution in [1.82, 2.24) is 10.3 Å². The Bertz CT molecular complexity index is 955. The zero-order chi connectivity index (χ0) is 18.3. The Labute approximate surface area is 153 Å². The van der Waals surface area contributed by atoms with E-state index >= 15 is 0 Å². The molecule has 0 saturated heterocycles. The highest BCUT2D eigenvalue weighted by Gasteiger charge is 2.26. The number of hydrogen-bond donors (Lipinski definition) is 1. The number of fused-ring (bicyclic) bond motifs is 1. The first-order valence-corrected chi connectivity index (χ1v) is 9.01. The lowest BCUT2D eigenvalue weighted by atomic mass is 10.00. The topological polar surface area (TPSA) is 55.1 Å². The lowest BCUT2D eigenvalue weighted by Crippen LogP contribution is -2.38. The zero-order valence-electron chi connectivity index (χ0n) is 15.2. The van der Waals surface area contributed by atoms with Gasteiger partial charge in [-0.25, -0.2) is 0 Å². The molecular weight excluding hydrogens is 324 g/mol. The number of amides is 1. The third-order valence-electron chi connectivity index (χ3n) is 4.84. The van der Waals surface area contributed by atoms with Gasteiger partial charge in [0.2, 0.25) is 0 Å². The second kappa shape index (κ2) is 6.45. The van der Waals surface area contributed by atoms with Crippen LogP contribution in [0.3, 0.4) is 0 Å². The molecule has 1 atom stereocenters. The molecule has 0 aliphatic carbocycles. The Morgan fingerprint density at radius 3 is 2.62 bits per heavy atom. The fourth-order valence-electron chi connectivity index (χ4n) is 3.33. The molecule has 0 fully saturated rings. The van der Waals surface area contributed by atoms with Crippen molar-refractivity contribution in [1.29, 1.82) is 0 Å². The minimum Gasteiger partial charge on any atom is -0.460 e. The summed E-state index contributed by atoms with van der Waals surface area (Å²) in [4.78, 5) is 16.6. The molecule has 1 N–H and O–H groups in total. The molecule has 1 aliphatic rings. The second-order valence-electron chi connectivity index (χ2n) is 7.23. The molecular formula is C22H22N2O2. The monoisotopic (exact) mass is 346 g/mol. The molecule has 1 unspecified atom stereocenters. The van der Waals surface area contributed by atoms with Gasteiger partial charge in [-0.3, -0.25) is 9.78 Å². The van der Waals surface area contributed by atoms with E-state index in [-0.39, 0.29) is 11.9 Å². The van der Waals surface area contributed by atoms with Gasteiger partial charge in [-0.05, 0) is 36.6 Å². The van der Waals surface area contributed by atoms with Crippen LogP contribution in [-0.2, 0) is 6.42 Å². The third kappa shape index (κ3) is 3.03. The summed E-state index contributed by atoms with van der Waals surface area (Å²) in [6.45, 7) is 6.35. The summed E-state index contributed by atoms with van der Waals surface area (Å²) in [5.74, 6) is 1.91. The van der Waals surface area contributed by atoms with E-state index in [9.17, 15) is 4.79 Å². The van der Waals surface area contributed by atoms with Gasteiger partial charge in [0.15, 0.2) is 0 Å². The maximum atomic E-state index is 12.1. The molecule has 4 heteroatoms. The quantitative estimate of drug-likeness (QED) is 0.741. The van der Waals surface area contributed by atoms with Crippen molar-refractivity contribution in [2.45, 2.75) is 39.2 Å². The molecule has 2 aromatic heterocycles. The van der Waals surface area contributed by atoms with E-state index in [0.717, 1.165) is 29.0 Å². The van der Waals surface area contributed by atoms with Crippen LogP contribution in [0.25, 0.3) is 22.6 Å². The van der Waals surface area contributed by atoms with Gasteiger partial charge in [-0.15, -0.1) is 0 Å². The number of benzene rings is 1. The van der Waals surface area contributed by atoms with E-state index in [1.165, 1.54) is 5.56 Å². The standard InChI is InChI=1S/C22H22N2O2/c1-13(2)15-4-6-16(7-5-15)19-11-17(8-9-23-19)20-12-18-21(26-20)10-14(3)24-22(18)25/h4-9,11-14H,10H2,1-3H3,(H,24,25). The Kier molecular flexibility index (Phi) is 4.11. The van der Waals surface area contributed by atoms with Crippen molar-refractivity contribution >= 4 is 5.91 Å². The molecule has 1 aromatic carbocycles. The average Bonchev–Trinajstić information content (AvgIpc) is 3.06. The van der Waals surface area contributed by atoms with Gasteiger partial charge in [-0.2, -0.15) is 0 Å². The highest BCUT2D eigenvalue weighted by Crippen LogP contribution is 2.31. The van der Waals surface area contributed by atoms with Crippen LogP contribution in [0.5, 0.6) is 0 Å². The van der Waals surface area contributed by atoms with Gasteiger partial charge < -0.3 is 9.73 Å². The van der Waals surface area contributed by atoms with Crippen LogP contribution in [0.1, 0.15) is 48.4 Å². The molecule has 26 heavy (non-hydrogen) atoms. The van der Waals surface area contributed by atoms with Crippen molar-refractivity contribution in [3.05, 3.63) is 65.5 Å². The van der Waals surface area contributed by atoms with E-state index in [1.54, 1.807) is 6.20 Å². The van der Waals surface area contributed by atoms with E-state index in [4.69, 9.17) is 4.42 Å². The Morgan fingerprint density at radius 1 is 1.12 bits per heavy atom. The van der Waals surface area contributed by atoms with Gasteiger partial charge in [0.05, 0.1) is 11.3 Å². The predicted octanol–water partition coefficient (Wildman–Crippen LogP) is 4.81. The summed E-state index contributed by atoms with van der Waals surface area (Å²) in [7, 11) is 0. The maximum Gasteiger partial charge on any atom is 0.255 e. The number of carbonyl (C=O) groups is 1. The lowest BCUT2D eigenvalue weighted by Gasteiger charge is -2.17. The van der Waals surface area contributed by atoms with Crippen LogP contribution in [0.15, 0.2) is 53.1 Å². The number of furan rings is 1. The molecule has 3 heterocycles. The highest BCUT2D eigenvalue weighted by atomic mass is 16.3. The number of rotatable bonds is 3. The SMILES string of the molecule is CC1Cc2oc(-c3ccnc(-c4ccc(C(C)C)cc4)c3)cc2C(=O)N1. The smallest absolute Gasteiger partial charge is 0.255 e. The predicted molar refractivity (Wildman–Crippen MR) is 102 cm³/mol. The molecule has 4 rings (SSSR count). The molecule has 0 bridgehead atoms. The van der Waals surface area contributed by atoms with E-state index in [2.05, 4.69) is 48.4 Å². The molecule has 3 aromatic rings. The number of hydrogen-bond acceptors (Lipinski definition) is 3. The van der Waals surface area contributed by atoms with Gasteiger partial charge >= 0.3 is 0 Å². The molecule has 0 radical (unpaired) electrons. The van der Waals surface area contributed by atoms with Crippen LogP contribution in [0.2, 0.25) is 0 Å². The number of nitrogens with one attached hydrogen (secondary N) is 1. The molecule has 1 amide bonds. The van der Waals surface area contributed by atoms with E-state index in [1.807, 2.05) is 25.1 Å². The van der Waals surface area contributed by atoms with Gasteiger partial charge in [0.25, 0.3) is 5.91 Å². The number of carbonyl (C=O) groups excluding carboxylic acids is 1. The van der Waals surface area contributed by atoms with Crippen LogP contribution >= 0.6 is 0 Å². The number of aromatic nitrogens is 1. The number of pyridine rings is 1. The summed E-state index contributed by atoms with van der Waals surface area (Å²) in [5.41, 5.74) is 4.84. The Hall–Kier alpha value is -2.88. The summed E-state index contributed by atoms with van der Waals surface area (Å²) >= 11 is 0. The van der Waals surface area contributed by atoms with Gasteiger partial charge in [-0.1, -0.05) is 38.1 Å². The van der Waals surface area contributed by atoms with Crippen LogP contribution in [-0.4, -0.2) is 16.9 Å². The lowest BCUT2D eigenvalue weighted by molar-refractivity contribution is 0.0925. The molecule has 132 valence electrons. The van der Waals surface area contributed by atoms with Crippen LogP contribution in [0, 0.1) is 0 Å². The molecule has 0 spiro atoms. The van der Waals surface area contributed by atoms with E-state index < -0.39 is 0 Å². The van der Waals surface area contributed by atoms with Crippen molar-refractivity contribution in [3.63, 3.8) is 0 Å². The summed E-state index contributed by atoms with van der Waals surface area (Å²) in [5, 5.41) is 2.94. The fraction of sp³-hybridized carbons (Fsp3) is 0.273. The summed E-state index contributed by atoms with van der Waals surface area (Å²) in [6.07, 6.45) is 2.50. The largest absolute Gasteiger partial charge is 0.460 e. The first-order chi connectivity index (χ1) is 12.5. The Balaban J connectivity index is 1.68. The summed E-state index contributed by atoms with van der Waals surface area (Å²) in [6, 6.07) is 14.3. The van der Waals surface area contributed by atoms with Crippen LogP contribution in [0.4, 0.5) is 0 Å². The van der Waals surface area contributed by atoms with Gasteiger partial charge in [0, 0.05) is 29.8 Å². The van der Waals surface area contributed by atoms with Crippen molar-refractivity contribution in [2.75, 3.05) is 0 Å².